The molecule has 0 radical (unpaired) electrons. The second-order valence-electron chi connectivity index (χ2n) is 6.44. The van der Waals surface area contributed by atoms with E-state index in [4.69, 9.17) is 0 Å². The lowest BCUT2D eigenvalue weighted by Crippen LogP contribution is -2.30. The lowest BCUT2D eigenvalue weighted by Gasteiger charge is -2.28. The molecule has 106 valence electrons. The number of aromatic nitrogens is 2. The first-order valence-corrected chi connectivity index (χ1v) is 8.37. The van der Waals surface area contributed by atoms with E-state index in [0.29, 0.717) is 12.1 Å². The lowest BCUT2D eigenvalue weighted by atomic mass is 9.91. The molecule has 0 aromatic carbocycles. The van der Waals surface area contributed by atoms with Gasteiger partial charge < -0.3 is 5.32 Å². The molecular weight excluding hydrogens is 302 g/mol. The quantitative estimate of drug-likeness (QED) is 0.889. The number of hydrogen-bond donors (Lipinski definition) is 1. The zero-order valence-corrected chi connectivity index (χ0v) is 13.7. The van der Waals surface area contributed by atoms with E-state index < -0.39 is 0 Å². The average Bonchev–Trinajstić information content (AvgIpc) is 2.81. The number of hydrogen-bond acceptors (Lipinski definition) is 2. The van der Waals surface area contributed by atoms with Crippen molar-refractivity contribution in [2.45, 2.75) is 52.1 Å². The molecule has 19 heavy (non-hydrogen) atoms. The van der Waals surface area contributed by atoms with Crippen molar-refractivity contribution in [2.75, 3.05) is 6.54 Å². The first-order valence-electron chi connectivity index (χ1n) is 7.58. The zero-order chi connectivity index (χ0) is 13.6. The largest absolute Gasteiger partial charge is 0.309 e. The van der Waals surface area contributed by atoms with Gasteiger partial charge in [0.25, 0.3) is 0 Å². The number of nitrogens with one attached hydrogen (secondary N) is 1. The number of fused-ring (bicyclic) bond motifs is 1. The fourth-order valence-corrected chi connectivity index (χ4v) is 4.31. The number of nitrogens with zero attached hydrogens (tertiary/aromatic N) is 2. The maximum atomic E-state index is 4.55. The molecule has 4 heteroatoms. The minimum atomic E-state index is 0.415. The van der Waals surface area contributed by atoms with Crippen molar-refractivity contribution in [1.29, 1.82) is 0 Å². The third kappa shape index (κ3) is 2.49. The molecule has 3 rings (SSSR count). The molecule has 0 spiro atoms. The summed E-state index contributed by atoms with van der Waals surface area (Å²) >= 11 is 3.71. The Labute approximate surface area is 124 Å². The molecule has 2 saturated carbocycles. The summed E-state index contributed by atoms with van der Waals surface area (Å²) in [6.07, 6.45) is 6.24. The fraction of sp³-hybridized carbons (Fsp3) is 0.800. The second-order valence-corrected chi connectivity index (χ2v) is 7.29. The summed E-state index contributed by atoms with van der Waals surface area (Å²) in [6.45, 7) is 7.63. The number of halogens is 1. The highest BCUT2D eigenvalue weighted by Gasteiger charge is 2.48. The summed E-state index contributed by atoms with van der Waals surface area (Å²) < 4.78 is 3.34. The van der Waals surface area contributed by atoms with Gasteiger partial charge in [0.2, 0.25) is 0 Å². The van der Waals surface area contributed by atoms with Gasteiger partial charge in [0.1, 0.15) is 0 Å². The van der Waals surface area contributed by atoms with Crippen LogP contribution in [-0.2, 0) is 0 Å². The van der Waals surface area contributed by atoms with Crippen molar-refractivity contribution < 1.29 is 0 Å². The highest BCUT2D eigenvalue weighted by atomic mass is 79.9. The van der Waals surface area contributed by atoms with Crippen LogP contribution < -0.4 is 5.32 Å². The standard InChI is InChI=1S/C15H24BrN3/c1-4-17-14(12-6-10-5-11(10)7-12)15-13(16)8-18-19(15)9(2)3/h8-12,14,17H,4-7H2,1-3H3. The molecule has 0 saturated heterocycles. The van der Waals surface area contributed by atoms with Crippen LogP contribution in [0.5, 0.6) is 0 Å². The van der Waals surface area contributed by atoms with Crippen LogP contribution in [0.3, 0.4) is 0 Å². The van der Waals surface area contributed by atoms with Crippen LogP contribution in [0.4, 0.5) is 0 Å². The summed E-state index contributed by atoms with van der Waals surface area (Å²) in [5.41, 5.74) is 1.35. The molecule has 2 aliphatic rings. The molecule has 0 amide bonds. The molecule has 3 unspecified atom stereocenters. The summed E-state index contributed by atoms with van der Waals surface area (Å²) in [5.74, 6) is 2.84. The Balaban J connectivity index is 1.88. The number of rotatable bonds is 5. The Morgan fingerprint density at radius 3 is 2.63 bits per heavy atom. The van der Waals surface area contributed by atoms with Crippen LogP contribution in [-0.4, -0.2) is 16.3 Å². The minimum Gasteiger partial charge on any atom is -0.309 e. The Morgan fingerprint density at radius 1 is 1.37 bits per heavy atom. The Hall–Kier alpha value is -0.350. The van der Waals surface area contributed by atoms with Crippen molar-refractivity contribution in [1.82, 2.24) is 15.1 Å². The zero-order valence-electron chi connectivity index (χ0n) is 12.1. The Morgan fingerprint density at radius 2 is 2.05 bits per heavy atom. The molecule has 1 aromatic rings. The molecule has 2 fully saturated rings. The van der Waals surface area contributed by atoms with E-state index in [-0.39, 0.29) is 0 Å². The first-order chi connectivity index (χ1) is 9.11. The van der Waals surface area contributed by atoms with Crippen LogP contribution in [0.2, 0.25) is 0 Å². The van der Waals surface area contributed by atoms with E-state index >= 15 is 0 Å². The van der Waals surface area contributed by atoms with Crippen LogP contribution in [0.25, 0.3) is 0 Å². The van der Waals surface area contributed by atoms with Crippen molar-refractivity contribution in [3.05, 3.63) is 16.4 Å². The van der Waals surface area contributed by atoms with E-state index in [1.807, 2.05) is 6.20 Å². The normalized spacial score (nSPS) is 30.7. The van der Waals surface area contributed by atoms with Crippen LogP contribution >= 0.6 is 15.9 Å². The maximum Gasteiger partial charge on any atom is 0.0701 e. The lowest BCUT2D eigenvalue weighted by molar-refractivity contribution is 0.320. The summed E-state index contributed by atoms with van der Waals surface area (Å²) in [6, 6.07) is 0.871. The third-order valence-electron chi connectivity index (χ3n) is 4.75. The predicted octanol–water partition coefficient (Wildman–Crippen LogP) is 3.92. The van der Waals surface area contributed by atoms with E-state index in [2.05, 4.69) is 51.8 Å². The van der Waals surface area contributed by atoms with Crippen LogP contribution in [0.1, 0.15) is 57.8 Å². The molecule has 0 bridgehead atoms. The highest BCUT2D eigenvalue weighted by molar-refractivity contribution is 9.10. The van der Waals surface area contributed by atoms with Gasteiger partial charge in [-0.1, -0.05) is 6.92 Å². The smallest absolute Gasteiger partial charge is 0.0701 e. The molecular formula is C15H24BrN3. The maximum absolute atomic E-state index is 4.55. The summed E-state index contributed by atoms with van der Waals surface area (Å²) in [7, 11) is 0. The van der Waals surface area contributed by atoms with E-state index in [0.717, 1.165) is 28.8 Å². The van der Waals surface area contributed by atoms with Gasteiger partial charge in [0, 0.05) is 6.04 Å². The third-order valence-corrected chi connectivity index (χ3v) is 5.36. The van der Waals surface area contributed by atoms with Gasteiger partial charge in [0.15, 0.2) is 0 Å². The summed E-state index contributed by atoms with van der Waals surface area (Å²) in [5, 5.41) is 8.26. The van der Waals surface area contributed by atoms with Crippen molar-refractivity contribution in [3.63, 3.8) is 0 Å². The van der Waals surface area contributed by atoms with Crippen molar-refractivity contribution >= 4 is 15.9 Å². The topological polar surface area (TPSA) is 29.9 Å². The highest BCUT2D eigenvalue weighted by Crippen LogP contribution is 2.57. The minimum absolute atomic E-state index is 0.415. The molecule has 2 aliphatic carbocycles. The van der Waals surface area contributed by atoms with E-state index in [9.17, 15) is 0 Å². The summed E-state index contributed by atoms with van der Waals surface area (Å²) in [4.78, 5) is 0. The SMILES string of the molecule is CCNC(c1c(Br)cnn1C(C)C)C1CC2CC2C1. The Bertz CT molecular complexity index is 444. The van der Waals surface area contributed by atoms with Gasteiger partial charge in [-0.3, -0.25) is 4.68 Å². The van der Waals surface area contributed by atoms with E-state index in [1.54, 1.807) is 0 Å². The molecule has 3 nitrogen and oxygen atoms in total. The van der Waals surface area contributed by atoms with Gasteiger partial charge in [-0.05, 0) is 73.3 Å². The molecule has 1 aromatic heterocycles. The van der Waals surface area contributed by atoms with Gasteiger partial charge in [0.05, 0.1) is 22.4 Å². The van der Waals surface area contributed by atoms with Crippen LogP contribution in [0, 0.1) is 17.8 Å². The van der Waals surface area contributed by atoms with Gasteiger partial charge in [-0.25, -0.2) is 0 Å². The fourth-order valence-electron chi connectivity index (χ4n) is 3.79. The average molecular weight is 326 g/mol. The monoisotopic (exact) mass is 325 g/mol. The molecule has 1 heterocycles. The van der Waals surface area contributed by atoms with Crippen LogP contribution in [0.15, 0.2) is 10.7 Å². The van der Waals surface area contributed by atoms with Gasteiger partial charge in [-0.2, -0.15) is 5.10 Å². The van der Waals surface area contributed by atoms with Crippen molar-refractivity contribution in [2.24, 2.45) is 17.8 Å². The molecule has 1 N–H and O–H groups in total. The first kappa shape index (κ1) is 13.6. The molecule has 3 atom stereocenters. The van der Waals surface area contributed by atoms with E-state index in [1.165, 1.54) is 25.0 Å². The predicted molar refractivity (Wildman–Crippen MR) is 81.1 cm³/mol. The molecule has 0 aliphatic heterocycles. The van der Waals surface area contributed by atoms with Gasteiger partial charge >= 0.3 is 0 Å². The van der Waals surface area contributed by atoms with Crippen molar-refractivity contribution in [3.8, 4) is 0 Å². The Kier molecular flexibility index (Phi) is 3.73. The second kappa shape index (κ2) is 5.21. The van der Waals surface area contributed by atoms with Gasteiger partial charge in [-0.15, -0.1) is 0 Å².